The average Bonchev–Trinajstić information content (AvgIpc) is 2.03. The Hall–Kier alpha value is -0.870. The molecule has 72 valence electrons. The lowest BCUT2D eigenvalue weighted by Crippen LogP contribution is -1.97. The van der Waals surface area contributed by atoms with E-state index in [-0.39, 0.29) is 18.2 Å². The second-order valence-electron chi connectivity index (χ2n) is 2.25. The van der Waals surface area contributed by atoms with Crippen LogP contribution in [-0.2, 0) is 4.79 Å². The molecular formula is C8H10ClNO2S. The van der Waals surface area contributed by atoms with Crippen molar-refractivity contribution >= 4 is 35.8 Å². The number of rotatable bonds is 3. The molecule has 0 heterocycles. The van der Waals surface area contributed by atoms with Gasteiger partial charge in [-0.1, -0.05) is 0 Å². The van der Waals surface area contributed by atoms with Crippen molar-refractivity contribution in [2.24, 2.45) is 0 Å². The molecular weight excluding hydrogens is 210 g/mol. The van der Waals surface area contributed by atoms with Crippen molar-refractivity contribution in [1.29, 1.82) is 0 Å². The van der Waals surface area contributed by atoms with E-state index in [0.29, 0.717) is 5.69 Å². The Morgan fingerprint density at radius 1 is 1.38 bits per heavy atom. The van der Waals surface area contributed by atoms with Gasteiger partial charge in [-0.25, -0.2) is 0 Å². The monoisotopic (exact) mass is 219 g/mol. The van der Waals surface area contributed by atoms with Crippen LogP contribution in [0, 0.1) is 0 Å². The molecule has 0 aliphatic heterocycles. The van der Waals surface area contributed by atoms with Gasteiger partial charge in [0.15, 0.2) is 0 Å². The number of benzene rings is 1. The van der Waals surface area contributed by atoms with E-state index in [1.165, 1.54) is 11.8 Å². The number of hydrogen-bond donors (Lipinski definition) is 2. The molecule has 5 heteroatoms. The van der Waals surface area contributed by atoms with E-state index in [1.807, 2.05) is 12.1 Å². The maximum absolute atomic E-state index is 10.2. The predicted octanol–water partition coefficient (Wildman–Crippen LogP) is 1.87. The summed E-state index contributed by atoms with van der Waals surface area (Å²) in [5.41, 5.74) is 6.15. The topological polar surface area (TPSA) is 63.3 Å². The maximum Gasteiger partial charge on any atom is 0.313 e. The van der Waals surface area contributed by atoms with Crippen LogP contribution in [0.4, 0.5) is 5.69 Å². The van der Waals surface area contributed by atoms with Gasteiger partial charge < -0.3 is 10.8 Å². The van der Waals surface area contributed by atoms with Crippen LogP contribution >= 0.6 is 24.2 Å². The van der Waals surface area contributed by atoms with Crippen molar-refractivity contribution in [2.75, 3.05) is 11.5 Å². The Morgan fingerprint density at radius 2 is 1.92 bits per heavy atom. The molecule has 1 aromatic rings. The number of aliphatic carboxylic acids is 1. The van der Waals surface area contributed by atoms with Gasteiger partial charge in [0.05, 0.1) is 5.75 Å². The summed E-state index contributed by atoms with van der Waals surface area (Å²) in [6, 6.07) is 7.13. The molecule has 0 amide bonds. The van der Waals surface area contributed by atoms with Crippen molar-refractivity contribution < 1.29 is 9.90 Å². The van der Waals surface area contributed by atoms with Crippen LogP contribution in [0.15, 0.2) is 29.2 Å². The number of nitrogen functional groups attached to an aromatic ring is 1. The molecule has 3 N–H and O–H groups in total. The molecule has 0 saturated carbocycles. The Labute approximate surface area is 86.7 Å². The minimum Gasteiger partial charge on any atom is -0.481 e. The highest BCUT2D eigenvalue weighted by molar-refractivity contribution is 8.00. The van der Waals surface area contributed by atoms with Crippen molar-refractivity contribution in [3.8, 4) is 0 Å². The SMILES string of the molecule is Cl.Nc1ccc(SCC(=O)O)cc1. The Balaban J connectivity index is 0.00000144. The van der Waals surface area contributed by atoms with Gasteiger partial charge in [0.25, 0.3) is 0 Å². The fourth-order valence-corrected chi connectivity index (χ4v) is 1.33. The van der Waals surface area contributed by atoms with E-state index in [9.17, 15) is 4.79 Å². The van der Waals surface area contributed by atoms with Crippen LogP contribution < -0.4 is 5.73 Å². The quantitative estimate of drug-likeness (QED) is 0.602. The molecule has 0 fully saturated rings. The minimum atomic E-state index is -0.808. The third kappa shape index (κ3) is 4.65. The first kappa shape index (κ1) is 12.1. The molecule has 0 spiro atoms. The van der Waals surface area contributed by atoms with Crippen LogP contribution in [0.5, 0.6) is 0 Å². The van der Waals surface area contributed by atoms with E-state index in [1.54, 1.807) is 12.1 Å². The standard InChI is InChI=1S/C8H9NO2S.ClH/c9-6-1-3-7(4-2-6)12-5-8(10)11;/h1-4H,5,9H2,(H,10,11);1H. The molecule has 0 aliphatic carbocycles. The molecule has 1 rings (SSSR count). The summed E-state index contributed by atoms with van der Waals surface area (Å²) in [6.07, 6.45) is 0. The van der Waals surface area contributed by atoms with E-state index in [0.717, 1.165) is 4.90 Å². The van der Waals surface area contributed by atoms with Crippen molar-refractivity contribution in [2.45, 2.75) is 4.90 Å². The minimum absolute atomic E-state index is 0. The van der Waals surface area contributed by atoms with Crippen LogP contribution in [0.3, 0.4) is 0 Å². The fraction of sp³-hybridized carbons (Fsp3) is 0.125. The summed E-state index contributed by atoms with van der Waals surface area (Å²) in [5, 5.41) is 8.38. The van der Waals surface area contributed by atoms with Crippen molar-refractivity contribution in [3.05, 3.63) is 24.3 Å². The number of anilines is 1. The van der Waals surface area contributed by atoms with Gasteiger partial charge in [0.1, 0.15) is 0 Å². The summed E-state index contributed by atoms with van der Waals surface area (Å²) < 4.78 is 0. The summed E-state index contributed by atoms with van der Waals surface area (Å²) in [6.45, 7) is 0. The molecule has 0 radical (unpaired) electrons. The van der Waals surface area contributed by atoms with Crippen LogP contribution in [0.1, 0.15) is 0 Å². The molecule has 0 unspecified atom stereocenters. The van der Waals surface area contributed by atoms with Gasteiger partial charge in [-0.15, -0.1) is 24.2 Å². The molecule has 3 nitrogen and oxygen atoms in total. The zero-order chi connectivity index (χ0) is 8.97. The van der Waals surface area contributed by atoms with E-state index in [2.05, 4.69) is 0 Å². The van der Waals surface area contributed by atoms with Gasteiger partial charge in [0.2, 0.25) is 0 Å². The van der Waals surface area contributed by atoms with Gasteiger partial charge in [-0.3, -0.25) is 4.79 Å². The first-order chi connectivity index (χ1) is 5.68. The number of halogens is 1. The predicted molar refractivity (Wildman–Crippen MR) is 56.5 cm³/mol. The first-order valence-electron chi connectivity index (χ1n) is 3.38. The second-order valence-corrected chi connectivity index (χ2v) is 3.30. The van der Waals surface area contributed by atoms with E-state index in [4.69, 9.17) is 10.8 Å². The highest BCUT2D eigenvalue weighted by Crippen LogP contribution is 2.18. The Bertz CT molecular complexity index is 276. The Morgan fingerprint density at radius 3 is 2.38 bits per heavy atom. The summed E-state index contributed by atoms with van der Waals surface area (Å²) >= 11 is 1.28. The maximum atomic E-state index is 10.2. The number of carboxylic acid groups (broad SMARTS) is 1. The summed E-state index contributed by atoms with van der Waals surface area (Å²) in [4.78, 5) is 11.1. The number of hydrogen-bond acceptors (Lipinski definition) is 3. The first-order valence-corrected chi connectivity index (χ1v) is 4.37. The zero-order valence-electron chi connectivity index (χ0n) is 6.77. The molecule has 1 aromatic carbocycles. The van der Waals surface area contributed by atoms with Gasteiger partial charge in [0, 0.05) is 10.6 Å². The molecule has 0 saturated heterocycles. The summed E-state index contributed by atoms with van der Waals surface area (Å²) in [7, 11) is 0. The fourth-order valence-electron chi connectivity index (χ4n) is 0.709. The van der Waals surface area contributed by atoms with Gasteiger partial charge >= 0.3 is 5.97 Å². The molecule has 0 bridgehead atoms. The van der Waals surface area contributed by atoms with Crippen LogP contribution in [0.2, 0.25) is 0 Å². The van der Waals surface area contributed by atoms with Gasteiger partial charge in [-0.05, 0) is 24.3 Å². The van der Waals surface area contributed by atoms with Crippen LogP contribution in [-0.4, -0.2) is 16.8 Å². The largest absolute Gasteiger partial charge is 0.481 e. The lowest BCUT2D eigenvalue weighted by atomic mass is 10.3. The smallest absolute Gasteiger partial charge is 0.313 e. The molecule has 0 aliphatic rings. The number of carboxylic acids is 1. The zero-order valence-corrected chi connectivity index (χ0v) is 8.40. The van der Waals surface area contributed by atoms with Crippen LogP contribution in [0.25, 0.3) is 0 Å². The molecule has 13 heavy (non-hydrogen) atoms. The second kappa shape index (κ2) is 5.72. The number of nitrogens with two attached hydrogens (primary N) is 1. The Kier molecular flexibility index (Phi) is 5.34. The molecule has 0 aromatic heterocycles. The molecule has 0 atom stereocenters. The lowest BCUT2D eigenvalue weighted by Gasteiger charge is -1.97. The number of carbonyl (C=O) groups is 1. The highest BCUT2D eigenvalue weighted by Gasteiger charge is 1.98. The van der Waals surface area contributed by atoms with Gasteiger partial charge in [-0.2, -0.15) is 0 Å². The number of thioether (sulfide) groups is 1. The normalized spacial score (nSPS) is 8.92. The van der Waals surface area contributed by atoms with Crippen molar-refractivity contribution in [1.82, 2.24) is 0 Å². The van der Waals surface area contributed by atoms with Crippen molar-refractivity contribution in [3.63, 3.8) is 0 Å². The lowest BCUT2D eigenvalue weighted by molar-refractivity contribution is -0.133. The van der Waals surface area contributed by atoms with E-state index < -0.39 is 5.97 Å². The third-order valence-electron chi connectivity index (χ3n) is 1.24. The van der Waals surface area contributed by atoms with E-state index >= 15 is 0 Å². The summed E-state index contributed by atoms with van der Waals surface area (Å²) in [5.74, 6) is -0.721. The average molecular weight is 220 g/mol. The third-order valence-corrected chi connectivity index (χ3v) is 2.24. The highest BCUT2D eigenvalue weighted by atomic mass is 35.5.